The second-order valence-electron chi connectivity index (χ2n) is 6.18. The summed E-state index contributed by atoms with van der Waals surface area (Å²) in [5.41, 5.74) is 2.34. The molecule has 2 aliphatic rings. The monoisotopic (exact) mass is 292 g/mol. The largest absolute Gasteiger partial charge is 0.390 e. The maximum Gasteiger partial charge on any atom is 0.222 e. The molecule has 116 valence electrons. The summed E-state index contributed by atoms with van der Waals surface area (Å²) in [6.07, 6.45) is 1.08. The molecule has 2 aliphatic heterocycles. The molecule has 0 aliphatic carbocycles. The first kappa shape index (κ1) is 14.5. The molecule has 0 radical (unpaired) electrons. The predicted octanol–water partition coefficient (Wildman–Crippen LogP) is 0.299. The fourth-order valence-corrected chi connectivity index (χ4v) is 3.32. The Labute approximate surface area is 125 Å². The van der Waals surface area contributed by atoms with Crippen LogP contribution in [0.1, 0.15) is 30.1 Å². The molecule has 1 aromatic heterocycles. The third kappa shape index (κ3) is 2.96. The first-order chi connectivity index (χ1) is 10.0. The standard InChI is InChI=1S/C15H24N4O2/c1-11-12(2)19-7-6-17(10-14(19)16-11)8-13(20)9-18-5-3-4-15(18)21/h13,20H,3-10H2,1-2H3. The molecule has 1 N–H and O–H groups in total. The zero-order valence-electron chi connectivity index (χ0n) is 12.9. The number of aryl methyl sites for hydroxylation is 1. The Morgan fingerprint density at radius 3 is 2.76 bits per heavy atom. The zero-order chi connectivity index (χ0) is 15.0. The number of fused-ring (bicyclic) bond motifs is 1. The van der Waals surface area contributed by atoms with Gasteiger partial charge in [0.15, 0.2) is 0 Å². The molecule has 0 saturated carbocycles. The van der Waals surface area contributed by atoms with Crippen LogP contribution in [0.2, 0.25) is 0 Å². The van der Waals surface area contributed by atoms with Crippen molar-refractivity contribution in [2.45, 2.75) is 45.9 Å². The Balaban J connectivity index is 1.55. The number of aliphatic hydroxyl groups is 1. The minimum absolute atomic E-state index is 0.175. The van der Waals surface area contributed by atoms with Gasteiger partial charge in [0, 0.05) is 44.8 Å². The molecule has 3 heterocycles. The number of imidazole rings is 1. The molecule has 1 aromatic rings. The molecule has 6 nitrogen and oxygen atoms in total. The van der Waals surface area contributed by atoms with Crippen molar-refractivity contribution in [2.24, 2.45) is 0 Å². The first-order valence-electron chi connectivity index (χ1n) is 7.75. The van der Waals surface area contributed by atoms with Gasteiger partial charge < -0.3 is 14.6 Å². The van der Waals surface area contributed by atoms with E-state index in [0.29, 0.717) is 19.5 Å². The van der Waals surface area contributed by atoms with Crippen molar-refractivity contribution in [1.29, 1.82) is 0 Å². The summed E-state index contributed by atoms with van der Waals surface area (Å²) in [7, 11) is 0. The van der Waals surface area contributed by atoms with Gasteiger partial charge >= 0.3 is 0 Å². The van der Waals surface area contributed by atoms with E-state index in [2.05, 4.69) is 21.4 Å². The van der Waals surface area contributed by atoms with E-state index in [0.717, 1.165) is 44.1 Å². The lowest BCUT2D eigenvalue weighted by Gasteiger charge is -2.31. The van der Waals surface area contributed by atoms with Crippen molar-refractivity contribution in [3.05, 3.63) is 17.2 Å². The van der Waals surface area contributed by atoms with Crippen molar-refractivity contribution >= 4 is 5.91 Å². The van der Waals surface area contributed by atoms with Crippen molar-refractivity contribution in [3.8, 4) is 0 Å². The number of amides is 1. The zero-order valence-corrected chi connectivity index (χ0v) is 12.9. The Bertz CT molecular complexity index is 540. The number of nitrogens with zero attached hydrogens (tertiary/aromatic N) is 4. The SMILES string of the molecule is Cc1nc2n(c1C)CCN(CC(O)CN1CCCC1=O)C2. The lowest BCUT2D eigenvalue weighted by atomic mass is 10.2. The van der Waals surface area contributed by atoms with Gasteiger partial charge in [-0.25, -0.2) is 4.98 Å². The molecule has 6 heteroatoms. The molecule has 1 unspecified atom stereocenters. The quantitative estimate of drug-likeness (QED) is 0.867. The van der Waals surface area contributed by atoms with Crippen LogP contribution >= 0.6 is 0 Å². The highest BCUT2D eigenvalue weighted by molar-refractivity contribution is 5.78. The fraction of sp³-hybridized carbons (Fsp3) is 0.733. The molecule has 1 amide bonds. The van der Waals surface area contributed by atoms with Crippen LogP contribution in [0.4, 0.5) is 0 Å². The van der Waals surface area contributed by atoms with Crippen molar-refractivity contribution < 1.29 is 9.90 Å². The van der Waals surface area contributed by atoms with Crippen LogP contribution in [0.15, 0.2) is 0 Å². The van der Waals surface area contributed by atoms with Crippen LogP contribution < -0.4 is 0 Å². The van der Waals surface area contributed by atoms with Crippen LogP contribution in [0.3, 0.4) is 0 Å². The van der Waals surface area contributed by atoms with E-state index < -0.39 is 6.10 Å². The topological polar surface area (TPSA) is 61.6 Å². The van der Waals surface area contributed by atoms with E-state index in [1.54, 1.807) is 4.90 Å². The van der Waals surface area contributed by atoms with E-state index in [-0.39, 0.29) is 5.91 Å². The van der Waals surface area contributed by atoms with E-state index >= 15 is 0 Å². The Kier molecular flexibility index (Phi) is 3.99. The number of carbonyl (C=O) groups is 1. The molecule has 3 rings (SSSR count). The number of rotatable bonds is 4. The number of carbonyl (C=O) groups excluding carboxylic acids is 1. The van der Waals surface area contributed by atoms with E-state index in [1.165, 1.54) is 5.69 Å². The Morgan fingerprint density at radius 1 is 1.24 bits per heavy atom. The third-order valence-corrected chi connectivity index (χ3v) is 4.61. The van der Waals surface area contributed by atoms with Gasteiger partial charge in [-0.15, -0.1) is 0 Å². The molecule has 21 heavy (non-hydrogen) atoms. The number of hydrogen-bond donors (Lipinski definition) is 1. The molecule has 1 atom stereocenters. The number of hydrogen-bond acceptors (Lipinski definition) is 4. The smallest absolute Gasteiger partial charge is 0.222 e. The fourth-order valence-electron chi connectivity index (χ4n) is 3.32. The molecule has 1 saturated heterocycles. The van der Waals surface area contributed by atoms with Crippen LogP contribution in [0, 0.1) is 13.8 Å². The second kappa shape index (κ2) is 5.77. The summed E-state index contributed by atoms with van der Waals surface area (Å²) in [6.45, 7) is 8.63. The summed E-state index contributed by atoms with van der Waals surface area (Å²) in [4.78, 5) is 20.2. The number of β-amino-alcohol motifs (C(OH)–C–C–N with tert-alkyl or cyclic N) is 1. The van der Waals surface area contributed by atoms with E-state index in [9.17, 15) is 9.90 Å². The minimum Gasteiger partial charge on any atom is -0.390 e. The normalized spacial score (nSPS) is 20.9. The molecule has 0 aromatic carbocycles. The molecular formula is C15H24N4O2. The van der Waals surface area contributed by atoms with Gasteiger partial charge in [-0.3, -0.25) is 9.69 Å². The summed E-state index contributed by atoms with van der Waals surface area (Å²) in [5.74, 6) is 1.26. The summed E-state index contributed by atoms with van der Waals surface area (Å²) in [5, 5.41) is 10.2. The lowest BCUT2D eigenvalue weighted by molar-refractivity contribution is -0.129. The average Bonchev–Trinajstić information content (AvgIpc) is 2.95. The average molecular weight is 292 g/mol. The van der Waals surface area contributed by atoms with Gasteiger partial charge in [-0.1, -0.05) is 0 Å². The van der Waals surface area contributed by atoms with Gasteiger partial charge in [0.05, 0.1) is 18.3 Å². The molecule has 1 fully saturated rings. The molecule has 0 spiro atoms. The Hall–Kier alpha value is -1.40. The molecule has 0 bridgehead atoms. The summed E-state index contributed by atoms with van der Waals surface area (Å²) < 4.78 is 2.27. The van der Waals surface area contributed by atoms with Crippen LogP contribution in [-0.4, -0.2) is 62.6 Å². The maximum absolute atomic E-state index is 11.6. The van der Waals surface area contributed by atoms with Gasteiger partial charge in [0.1, 0.15) is 5.82 Å². The second-order valence-corrected chi connectivity index (χ2v) is 6.18. The number of likely N-dealkylation sites (tertiary alicyclic amines) is 1. The van der Waals surface area contributed by atoms with Gasteiger partial charge in [0.2, 0.25) is 5.91 Å². The van der Waals surface area contributed by atoms with E-state index in [4.69, 9.17) is 0 Å². The number of aromatic nitrogens is 2. The number of aliphatic hydroxyl groups excluding tert-OH is 1. The van der Waals surface area contributed by atoms with E-state index in [1.807, 2.05) is 6.92 Å². The summed E-state index contributed by atoms with van der Waals surface area (Å²) >= 11 is 0. The maximum atomic E-state index is 11.6. The highest BCUT2D eigenvalue weighted by Crippen LogP contribution is 2.17. The van der Waals surface area contributed by atoms with Gasteiger partial charge in [0.25, 0.3) is 0 Å². The van der Waals surface area contributed by atoms with Gasteiger partial charge in [-0.05, 0) is 20.3 Å². The highest BCUT2D eigenvalue weighted by Gasteiger charge is 2.25. The van der Waals surface area contributed by atoms with Crippen LogP contribution in [0.25, 0.3) is 0 Å². The minimum atomic E-state index is -0.476. The molecular weight excluding hydrogens is 268 g/mol. The van der Waals surface area contributed by atoms with Gasteiger partial charge in [-0.2, -0.15) is 0 Å². The highest BCUT2D eigenvalue weighted by atomic mass is 16.3. The van der Waals surface area contributed by atoms with Crippen molar-refractivity contribution in [3.63, 3.8) is 0 Å². The summed E-state index contributed by atoms with van der Waals surface area (Å²) in [6, 6.07) is 0. The lowest BCUT2D eigenvalue weighted by Crippen LogP contribution is -2.43. The Morgan fingerprint density at radius 2 is 2.05 bits per heavy atom. The third-order valence-electron chi connectivity index (χ3n) is 4.61. The predicted molar refractivity (Wildman–Crippen MR) is 78.8 cm³/mol. The van der Waals surface area contributed by atoms with Crippen LogP contribution in [0.5, 0.6) is 0 Å². The van der Waals surface area contributed by atoms with Crippen molar-refractivity contribution in [1.82, 2.24) is 19.4 Å². The van der Waals surface area contributed by atoms with Crippen molar-refractivity contribution in [2.75, 3.05) is 26.2 Å². The van der Waals surface area contributed by atoms with Crippen LogP contribution in [-0.2, 0) is 17.9 Å². The first-order valence-corrected chi connectivity index (χ1v) is 7.75.